The lowest BCUT2D eigenvalue weighted by molar-refractivity contribution is 0.0693. The summed E-state index contributed by atoms with van der Waals surface area (Å²) in [4.78, 5) is 23.1. The molecule has 0 unspecified atom stereocenters. The molecule has 0 saturated heterocycles. The number of rotatable bonds is 4. The molecule has 2 amide bonds. The van der Waals surface area contributed by atoms with Gasteiger partial charge in [0.25, 0.3) is 0 Å². The Morgan fingerprint density at radius 3 is 2.30 bits per heavy atom. The molecule has 0 saturated carbocycles. The number of ether oxygens (including phenoxy) is 1. The van der Waals surface area contributed by atoms with E-state index >= 15 is 0 Å². The number of benzene rings is 2. The maximum Gasteiger partial charge on any atom is 0.339 e. The van der Waals surface area contributed by atoms with Crippen LogP contribution in [0.5, 0.6) is 5.75 Å². The molecule has 0 atom stereocenters. The number of hydrogen-bond donors (Lipinski definition) is 3. The van der Waals surface area contributed by atoms with E-state index in [-0.39, 0.29) is 22.0 Å². The number of nitrogens with one attached hydrogen (secondary N) is 2. The summed E-state index contributed by atoms with van der Waals surface area (Å²) in [5, 5.41) is 14.8. The monoisotopic (exact) mass is 354 g/mol. The fourth-order valence-corrected chi connectivity index (χ4v) is 2.14. The van der Waals surface area contributed by atoms with Gasteiger partial charge in [-0.2, -0.15) is 0 Å². The number of carboxylic acid groups (broad SMARTS) is 1. The van der Waals surface area contributed by atoms with Gasteiger partial charge < -0.3 is 20.5 Å². The van der Waals surface area contributed by atoms with Crippen LogP contribution in [0.15, 0.2) is 36.4 Å². The zero-order valence-corrected chi connectivity index (χ0v) is 13.4. The number of carbonyl (C=O) groups is 2. The minimum absolute atomic E-state index is 0.0782. The molecule has 0 aliphatic heterocycles. The normalized spacial score (nSPS) is 10.0. The van der Waals surface area contributed by atoms with Gasteiger partial charge in [0.1, 0.15) is 11.3 Å². The van der Waals surface area contributed by atoms with Gasteiger partial charge >= 0.3 is 12.0 Å². The number of amides is 2. The highest BCUT2D eigenvalue weighted by Gasteiger charge is 2.16. The van der Waals surface area contributed by atoms with Crippen LogP contribution in [0.3, 0.4) is 0 Å². The Balaban J connectivity index is 2.17. The van der Waals surface area contributed by atoms with Crippen LogP contribution in [-0.4, -0.2) is 24.2 Å². The Labute approximate surface area is 142 Å². The van der Waals surface area contributed by atoms with E-state index in [1.807, 2.05) is 0 Å². The molecule has 2 aromatic carbocycles. The topological polar surface area (TPSA) is 87.7 Å². The van der Waals surface area contributed by atoms with Crippen molar-refractivity contribution in [2.75, 3.05) is 17.7 Å². The third kappa shape index (κ3) is 4.28. The first kappa shape index (κ1) is 16.9. The van der Waals surface area contributed by atoms with E-state index in [0.29, 0.717) is 10.7 Å². The van der Waals surface area contributed by atoms with Gasteiger partial charge in [0.05, 0.1) is 17.8 Å². The molecule has 3 N–H and O–H groups in total. The average Bonchev–Trinajstić information content (AvgIpc) is 2.51. The lowest BCUT2D eigenvalue weighted by Crippen LogP contribution is -2.19. The summed E-state index contributed by atoms with van der Waals surface area (Å²) >= 11 is 11.8. The van der Waals surface area contributed by atoms with E-state index in [9.17, 15) is 9.59 Å². The Hall–Kier alpha value is -2.44. The van der Waals surface area contributed by atoms with Crippen LogP contribution in [0.2, 0.25) is 10.0 Å². The summed E-state index contributed by atoms with van der Waals surface area (Å²) in [7, 11) is 1.33. The van der Waals surface area contributed by atoms with Crippen molar-refractivity contribution in [3.63, 3.8) is 0 Å². The SMILES string of the molecule is COc1cc(NC(=O)Nc2ccc(Cl)cc2)c(Cl)cc1C(=O)O. The summed E-state index contributed by atoms with van der Waals surface area (Å²) in [6.45, 7) is 0. The maximum absolute atomic E-state index is 12.0. The maximum atomic E-state index is 12.0. The summed E-state index contributed by atoms with van der Waals surface area (Å²) in [6, 6.07) is 8.55. The quantitative estimate of drug-likeness (QED) is 0.761. The van der Waals surface area contributed by atoms with E-state index in [4.69, 9.17) is 33.0 Å². The molecule has 0 radical (unpaired) electrons. The number of halogens is 2. The molecule has 8 heteroatoms. The third-order valence-electron chi connectivity index (χ3n) is 2.87. The predicted octanol–water partition coefficient (Wildman–Crippen LogP) is 4.34. The molecular weight excluding hydrogens is 343 g/mol. The summed E-state index contributed by atoms with van der Waals surface area (Å²) in [5.41, 5.74) is 0.665. The summed E-state index contributed by atoms with van der Waals surface area (Å²) in [6.07, 6.45) is 0. The van der Waals surface area contributed by atoms with Crippen molar-refractivity contribution in [3.05, 3.63) is 52.0 Å². The van der Waals surface area contributed by atoms with E-state index in [1.165, 1.54) is 19.2 Å². The van der Waals surface area contributed by atoms with Crippen LogP contribution in [0.1, 0.15) is 10.4 Å². The van der Waals surface area contributed by atoms with Crippen LogP contribution >= 0.6 is 23.2 Å². The Kier molecular flexibility index (Phi) is 5.31. The van der Waals surface area contributed by atoms with Gasteiger partial charge in [-0.25, -0.2) is 9.59 Å². The lowest BCUT2D eigenvalue weighted by Gasteiger charge is -2.12. The van der Waals surface area contributed by atoms with E-state index in [2.05, 4.69) is 10.6 Å². The third-order valence-corrected chi connectivity index (χ3v) is 3.43. The Bertz CT molecular complexity index is 748. The van der Waals surface area contributed by atoms with Gasteiger partial charge in [0.15, 0.2) is 0 Å². The zero-order valence-electron chi connectivity index (χ0n) is 11.9. The van der Waals surface area contributed by atoms with Gasteiger partial charge in [0.2, 0.25) is 0 Å². The number of methoxy groups -OCH3 is 1. The van der Waals surface area contributed by atoms with Crippen molar-refractivity contribution in [1.82, 2.24) is 0 Å². The summed E-state index contributed by atoms with van der Waals surface area (Å²) in [5.74, 6) is -1.09. The molecule has 23 heavy (non-hydrogen) atoms. The van der Waals surface area contributed by atoms with E-state index < -0.39 is 12.0 Å². The smallest absolute Gasteiger partial charge is 0.339 e. The fraction of sp³-hybridized carbons (Fsp3) is 0.0667. The van der Waals surface area contributed by atoms with Crippen LogP contribution in [0.4, 0.5) is 16.2 Å². The number of anilines is 2. The molecule has 0 aromatic heterocycles. The van der Waals surface area contributed by atoms with Crippen LogP contribution in [0.25, 0.3) is 0 Å². The van der Waals surface area contributed by atoms with Crippen molar-refractivity contribution < 1.29 is 19.4 Å². The molecule has 0 fully saturated rings. The minimum atomic E-state index is -1.18. The number of aromatic carboxylic acids is 1. The first-order valence-electron chi connectivity index (χ1n) is 6.35. The number of urea groups is 1. The van der Waals surface area contributed by atoms with Crippen molar-refractivity contribution >= 4 is 46.6 Å². The van der Waals surface area contributed by atoms with Gasteiger partial charge in [-0.05, 0) is 30.3 Å². The van der Waals surface area contributed by atoms with E-state index in [0.717, 1.165) is 0 Å². The van der Waals surface area contributed by atoms with Crippen LogP contribution in [-0.2, 0) is 0 Å². The highest BCUT2D eigenvalue weighted by molar-refractivity contribution is 6.34. The second-order valence-corrected chi connectivity index (χ2v) is 5.27. The van der Waals surface area contributed by atoms with Crippen LogP contribution < -0.4 is 15.4 Å². The van der Waals surface area contributed by atoms with Gasteiger partial charge in [-0.15, -0.1) is 0 Å². The van der Waals surface area contributed by atoms with Crippen molar-refractivity contribution in [1.29, 1.82) is 0 Å². The molecule has 0 aliphatic carbocycles. The predicted molar refractivity (Wildman–Crippen MR) is 89.1 cm³/mol. The average molecular weight is 355 g/mol. The van der Waals surface area contributed by atoms with Gasteiger partial charge in [-0.1, -0.05) is 23.2 Å². The molecule has 2 aromatic rings. The molecular formula is C15H12Cl2N2O4. The standard InChI is InChI=1S/C15H12Cl2N2O4/c1-23-13-7-12(11(17)6-10(13)14(20)21)19-15(22)18-9-4-2-8(16)3-5-9/h2-7H,1H3,(H,20,21)(H2,18,19,22). The van der Waals surface area contributed by atoms with Crippen molar-refractivity contribution in [3.8, 4) is 5.75 Å². The zero-order chi connectivity index (χ0) is 17.0. The van der Waals surface area contributed by atoms with E-state index in [1.54, 1.807) is 24.3 Å². The number of carboxylic acids is 1. The highest BCUT2D eigenvalue weighted by atomic mass is 35.5. The van der Waals surface area contributed by atoms with Crippen LogP contribution in [0, 0.1) is 0 Å². The molecule has 6 nitrogen and oxygen atoms in total. The lowest BCUT2D eigenvalue weighted by atomic mass is 10.2. The Morgan fingerprint density at radius 2 is 1.74 bits per heavy atom. The first-order valence-corrected chi connectivity index (χ1v) is 7.10. The fourth-order valence-electron chi connectivity index (χ4n) is 1.80. The highest BCUT2D eigenvalue weighted by Crippen LogP contribution is 2.31. The van der Waals surface area contributed by atoms with Gasteiger partial charge in [-0.3, -0.25) is 0 Å². The number of hydrogen-bond acceptors (Lipinski definition) is 3. The molecule has 0 spiro atoms. The van der Waals surface area contributed by atoms with Crippen molar-refractivity contribution in [2.24, 2.45) is 0 Å². The number of carbonyl (C=O) groups excluding carboxylic acids is 1. The second kappa shape index (κ2) is 7.21. The summed E-state index contributed by atoms with van der Waals surface area (Å²) < 4.78 is 4.99. The second-order valence-electron chi connectivity index (χ2n) is 4.42. The largest absolute Gasteiger partial charge is 0.496 e. The molecule has 120 valence electrons. The molecule has 0 bridgehead atoms. The Morgan fingerprint density at radius 1 is 1.09 bits per heavy atom. The first-order chi connectivity index (χ1) is 10.9. The molecule has 0 heterocycles. The van der Waals surface area contributed by atoms with Crippen molar-refractivity contribution in [2.45, 2.75) is 0 Å². The minimum Gasteiger partial charge on any atom is -0.496 e. The van der Waals surface area contributed by atoms with Gasteiger partial charge in [0, 0.05) is 16.8 Å². The molecule has 2 rings (SSSR count). The molecule has 0 aliphatic rings.